The van der Waals surface area contributed by atoms with Gasteiger partial charge in [0.25, 0.3) is 0 Å². The van der Waals surface area contributed by atoms with Crippen LogP contribution in [0.3, 0.4) is 0 Å². The van der Waals surface area contributed by atoms with Gasteiger partial charge in [-0.25, -0.2) is 5.10 Å². The van der Waals surface area contributed by atoms with Crippen molar-refractivity contribution in [1.29, 1.82) is 0 Å². The molecule has 0 aliphatic heterocycles. The van der Waals surface area contributed by atoms with E-state index in [0.717, 1.165) is 0 Å². The largest absolute Gasteiger partial charge is 0.473 e. The minimum Gasteiger partial charge on any atom is -0.473 e. The van der Waals surface area contributed by atoms with Gasteiger partial charge in [-0.15, -0.1) is 0 Å². The highest BCUT2D eigenvalue weighted by molar-refractivity contribution is 6.05. The smallest absolute Gasteiger partial charge is 0.220 e. The molecule has 0 fully saturated rings. The number of ketones is 1. The highest BCUT2D eigenvalue weighted by atomic mass is 16.5. The maximum absolute atomic E-state index is 11.2. The summed E-state index contributed by atoms with van der Waals surface area (Å²) in [5.41, 5.74) is 0.386. The third-order valence-electron chi connectivity index (χ3n) is 1.40. The number of nitrogens with zero attached hydrogens (tertiary/aromatic N) is 1. The molecule has 0 saturated heterocycles. The number of rotatable bonds is 5. The lowest BCUT2D eigenvalue weighted by Gasteiger charge is -1.99. The summed E-state index contributed by atoms with van der Waals surface area (Å²) in [5, 5.41) is 6.26. The summed E-state index contributed by atoms with van der Waals surface area (Å²) in [6.45, 7) is 7.19. The van der Waals surface area contributed by atoms with E-state index >= 15 is 0 Å². The van der Waals surface area contributed by atoms with Crippen molar-refractivity contribution in [2.45, 2.75) is 0 Å². The zero-order valence-corrected chi connectivity index (χ0v) is 7.12. The quantitative estimate of drug-likeness (QED) is 0.420. The first kappa shape index (κ1) is 9.25. The van der Waals surface area contributed by atoms with Crippen molar-refractivity contribution < 1.29 is 9.53 Å². The number of H-pyrrole nitrogens is 1. The van der Waals surface area contributed by atoms with Crippen molar-refractivity contribution in [3.8, 4) is 5.88 Å². The molecular weight excluding hydrogens is 168 g/mol. The minimum absolute atomic E-state index is 0.215. The second-order valence-electron chi connectivity index (χ2n) is 2.28. The van der Waals surface area contributed by atoms with Gasteiger partial charge in [0.05, 0.1) is 6.20 Å². The maximum atomic E-state index is 11.2. The van der Waals surface area contributed by atoms with Gasteiger partial charge in [-0.05, 0) is 6.08 Å². The van der Waals surface area contributed by atoms with E-state index in [4.69, 9.17) is 4.74 Å². The summed E-state index contributed by atoms with van der Waals surface area (Å²) >= 11 is 0. The van der Waals surface area contributed by atoms with Crippen molar-refractivity contribution in [1.82, 2.24) is 10.2 Å². The molecule has 1 heterocycles. The zero-order chi connectivity index (χ0) is 9.68. The number of hydrogen-bond donors (Lipinski definition) is 1. The van der Waals surface area contributed by atoms with E-state index in [2.05, 4.69) is 23.4 Å². The second-order valence-corrected chi connectivity index (χ2v) is 2.28. The highest BCUT2D eigenvalue weighted by Gasteiger charge is 2.10. The lowest BCUT2D eigenvalue weighted by molar-refractivity contribution is 0.104. The van der Waals surface area contributed by atoms with E-state index in [9.17, 15) is 4.79 Å². The molecule has 4 nitrogen and oxygen atoms in total. The van der Waals surface area contributed by atoms with Crippen LogP contribution in [0.2, 0.25) is 0 Å². The predicted molar refractivity (Wildman–Crippen MR) is 48.8 cm³/mol. The van der Waals surface area contributed by atoms with Gasteiger partial charge < -0.3 is 4.74 Å². The molecular formula is C9H10N2O2. The normalized spacial score (nSPS) is 9.23. The van der Waals surface area contributed by atoms with Crippen molar-refractivity contribution in [2.75, 3.05) is 6.61 Å². The first-order valence-electron chi connectivity index (χ1n) is 3.73. The van der Waals surface area contributed by atoms with Crippen LogP contribution in [-0.4, -0.2) is 22.6 Å². The van der Waals surface area contributed by atoms with Crippen molar-refractivity contribution in [2.24, 2.45) is 0 Å². The summed E-state index contributed by atoms with van der Waals surface area (Å²) < 4.78 is 5.14. The number of ether oxygens (including phenoxy) is 1. The molecule has 13 heavy (non-hydrogen) atoms. The van der Waals surface area contributed by atoms with Crippen molar-refractivity contribution >= 4 is 5.78 Å². The number of nitrogens with one attached hydrogen (secondary N) is 1. The summed E-state index contributed by atoms with van der Waals surface area (Å²) in [5.74, 6) is 0.137. The molecule has 68 valence electrons. The molecule has 0 unspecified atom stereocenters. The molecule has 0 radical (unpaired) electrons. The van der Waals surface area contributed by atoms with Gasteiger partial charge in [-0.1, -0.05) is 19.2 Å². The molecule has 0 amide bonds. The fraction of sp³-hybridized carbons (Fsp3) is 0.111. The number of hydrogen-bond acceptors (Lipinski definition) is 3. The topological polar surface area (TPSA) is 55.0 Å². The molecule has 1 aromatic heterocycles. The third-order valence-corrected chi connectivity index (χ3v) is 1.40. The Morgan fingerprint density at radius 2 is 2.46 bits per heavy atom. The van der Waals surface area contributed by atoms with Crippen LogP contribution in [-0.2, 0) is 0 Å². The second kappa shape index (κ2) is 4.25. The molecule has 1 rings (SSSR count). The third kappa shape index (κ3) is 2.05. The number of allylic oxidation sites excluding steroid dienone is 1. The average Bonchev–Trinajstić information content (AvgIpc) is 2.61. The lowest BCUT2D eigenvalue weighted by atomic mass is 10.2. The Labute approximate surface area is 75.9 Å². The Morgan fingerprint density at radius 1 is 1.69 bits per heavy atom. The monoisotopic (exact) mass is 178 g/mol. The van der Waals surface area contributed by atoms with Crippen LogP contribution in [0.25, 0.3) is 0 Å². The molecule has 0 spiro atoms. The summed E-state index contributed by atoms with van der Waals surface area (Å²) in [4.78, 5) is 11.2. The Kier molecular flexibility index (Phi) is 3.03. The SMILES string of the molecule is C=CCOc1[nH]ncc1C(=O)C=C. The van der Waals surface area contributed by atoms with Crippen molar-refractivity contribution in [3.63, 3.8) is 0 Å². The van der Waals surface area contributed by atoms with E-state index in [0.29, 0.717) is 18.1 Å². The van der Waals surface area contributed by atoms with Gasteiger partial charge in [0.2, 0.25) is 5.88 Å². The summed E-state index contributed by atoms with van der Waals surface area (Å²) in [7, 11) is 0. The predicted octanol–water partition coefficient (Wildman–Crippen LogP) is 1.34. The van der Waals surface area contributed by atoms with E-state index in [1.807, 2.05) is 0 Å². The van der Waals surface area contributed by atoms with Crippen LogP contribution in [0.1, 0.15) is 10.4 Å². The Bertz CT molecular complexity index is 328. The number of aromatic amines is 1. The molecule has 0 saturated carbocycles. The number of carbonyl (C=O) groups excluding carboxylic acids is 1. The first-order valence-corrected chi connectivity index (χ1v) is 3.73. The standard InChI is InChI=1S/C9H10N2O2/c1-3-5-13-9-7(6-10-11-9)8(12)4-2/h3-4,6H,1-2,5H2,(H,10,11). The molecule has 0 aliphatic carbocycles. The van der Waals surface area contributed by atoms with E-state index < -0.39 is 0 Å². The van der Waals surface area contributed by atoms with E-state index in [-0.39, 0.29) is 5.78 Å². The van der Waals surface area contributed by atoms with Crippen LogP contribution in [0, 0.1) is 0 Å². The number of carbonyl (C=O) groups is 1. The Morgan fingerprint density at radius 3 is 3.08 bits per heavy atom. The first-order chi connectivity index (χ1) is 6.29. The van der Waals surface area contributed by atoms with Gasteiger partial charge in [-0.2, -0.15) is 5.10 Å². The summed E-state index contributed by atoms with van der Waals surface area (Å²) in [6, 6.07) is 0. The molecule has 1 aromatic rings. The molecule has 4 heteroatoms. The van der Waals surface area contributed by atoms with E-state index in [1.54, 1.807) is 6.08 Å². The molecule has 0 bridgehead atoms. The average molecular weight is 178 g/mol. The van der Waals surface area contributed by atoms with Gasteiger partial charge in [0.1, 0.15) is 12.2 Å². The van der Waals surface area contributed by atoms with Gasteiger partial charge in [0, 0.05) is 0 Å². The van der Waals surface area contributed by atoms with Crippen LogP contribution >= 0.6 is 0 Å². The fourth-order valence-corrected chi connectivity index (χ4v) is 0.812. The van der Waals surface area contributed by atoms with Crippen LogP contribution < -0.4 is 4.74 Å². The molecule has 0 aromatic carbocycles. The van der Waals surface area contributed by atoms with Crippen molar-refractivity contribution in [3.05, 3.63) is 37.1 Å². The zero-order valence-electron chi connectivity index (χ0n) is 7.12. The molecule has 1 N–H and O–H groups in total. The Balaban J connectivity index is 2.82. The van der Waals surface area contributed by atoms with Gasteiger partial charge >= 0.3 is 0 Å². The van der Waals surface area contributed by atoms with E-state index in [1.165, 1.54) is 12.3 Å². The minimum atomic E-state index is -0.215. The maximum Gasteiger partial charge on any atom is 0.220 e. The van der Waals surface area contributed by atoms with Gasteiger partial charge in [0.15, 0.2) is 5.78 Å². The van der Waals surface area contributed by atoms with Crippen LogP contribution in [0.5, 0.6) is 5.88 Å². The van der Waals surface area contributed by atoms with Crippen LogP contribution in [0.15, 0.2) is 31.5 Å². The molecule has 0 aliphatic rings. The fourth-order valence-electron chi connectivity index (χ4n) is 0.812. The Hall–Kier alpha value is -1.84. The highest BCUT2D eigenvalue weighted by Crippen LogP contribution is 2.14. The molecule has 0 atom stereocenters. The lowest BCUT2D eigenvalue weighted by Crippen LogP contribution is -1.99. The van der Waals surface area contributed by atoms with Crippen LogP contribution in [0.4, 0.5) is 0 Å². The summed E-state index contributed by atoms with van der Waals surface area (Å²) in [6.07, 6.45) is 4.21. The van der Waals surface area contributed by atoms with Gasteiger partial charge in [-0.3, -0.25) is 4.79 Å². The number of aromatic nitrogens is 2.